The molecule has 28 heavy (non-hydrogen) atoms. The van der Waals surface area contributed by atoms with Crippen molar-refractivity contribution in [1.29, 1.82) is 0 Å². The van der Waals surface area contributed by atoms with E-state index in [0.29, 0.717) is 17.1 Å². The maximum absolute atomic E-state index is 12.0. The van der Waals surface area contributed by atoms with Crippen molar-refractivity contribution in [1.82, 2.24) is 5.32 Å². The van der Waals surface area contributed by atoms with Crippen LogP contribution in [0.25, 0.3) is 0 Å². The molecule has 0 aliphatic rings. The lowest BCUT2D eigenvalue weighted by Crippen LogP contribution is -2.47. The highest BCUT2D eigenvalue weighted by atomic mass is 35.5. The van der Waals surface area contributed by atoms with Gasteiger partial charge < -0.3 is 25.9 Å². The van der Waals surface area contributed by atoms with Crippen LogP contribution in [0.5, 0.6) is 0 Å². The molecule has 1 rings (SSSR count). The number of rotatable bonds is 8. The van der Waals surface area contributed by atoms with Crippen LogP contribution in [0.3, 0.4) is 0 Å². The highest BCUT2D eigenvalue weighted by Crippen LogP contribution is 2.14. The van der Waals surface area contributed by atoms with E-state index in [1.807, 2.05) is 13.8 Å². The molecule has 4 N–H and O–H groups in total. The number of nitrogens with one attached hydrogen (secondary N) is 2. The third-order valence-corrected chi connectivity index (χ3v) is 3.46. The molecule has 9 heteroatoms. The number of carbonyl (C=O) groups is 2. The third-order valence-electron chi connectivity index (χ3n) is 3.23. The fourth-order valence-electron chi connectivity index (χ4n) is 2.17. The molecule has 0 radical (unpaired) electrons. The largest absolute Gasteiger partial charge is 0.444 e. The summed E-state index contributed by atoms with van der Waals surface area (Å²) in [5, 5.41) is 9.57. The Labute approximate surface area is 170 Å². The van der Waals surface area contributed by atoms with E-state index in [9.17, 15) is 9.59 Å². The second-order valence-corrected chi connectivity index (χ2v) is 8.11. The Morgan fingerprint density at radius 2 is 1.96 bits per heavy atom. The van der Waals surface area contributed by atoms with Crippen LogP contribution < -0.4 is 16.4 Å². The van der Waals surface area contributed by atoms with E-state index >= 15 is 0 Å². The second-order valence-electron chi connectivity index (χ2n) is 7.68. The summed E-state index contributed by atoms with van der Waals surface area (Å²) in [4.78, 5) is 28.9. The number of nitrogens with zero attached hydrogens (tertiary/aromatic N) is 1. The predicted molar refractivity (Wildman–Crippen MR) is 110 cm³/mol. The zero-order chi connectivity index (χ0) is 21.3. The van der Waals surface area contributed by atoms with Gasteiger partial charge >= 0.3 is 6.09 Å². The normalized spacial score (nSPS) is 13.0. The summed E-state index contributed by atoms with van der Waals surface area (Å²) in [5.41, 5.74) is 5.85. The van der Waals surface area contributed by atoms with Gasteiger partial charge in [-0.05, 0) is 51.3 Å². The number of amidine groups is 1. The Hall–Kier alpha value is -2.48. The summed E-state index contributed by atoms with van der Waals surface area (Å²) < 4.78 is 5.24. The number of alkyl carbamates (subject to hydrolysis) is 1. The number of anilines is 1. The molecule has 1 atom stereocenters. The van der Waals surface area contributed by atoms with Crippen LogP contribution in [0.15, 0.2) is 29.4 Å². The average Bonchev–Trinajstić information content (AvgIpc) is 2.51. The van der Waals surface area contributed by atoms with Crippen molar-refractivity contribution in [3.8, 4) is 0 Å². The predicted octanol–water partition coefficient (Wildman–Crippen LogP) is 3.51. The van der Waals surface area contributed by atoms with E-state index in [0.717, 1.165) is 0 Å². The molecule has 0 aromatic heterocycles. The van der Waals surface area contributed by atoms with Gasteiger partial charge in [-0.3, -0.25) is 4.79 Å². The van der Waals surface area contributed by atoms with Crippen molar-refractivity contribution in [2.45, 2.75) is 52.7 Å². The van der Waals surface area contributed by atoms with Crippen LogP contribution in [0, 0.1) is 5.92 Å². The highest BCUT2D eigenvalue weighted by Gasteiger charge is 2.23. The van der Waals surface area contributed by atoms with Gasteiger partial charge in [0.2, 0.25) is 0 Å². The van der Waals surface area contributed by atoms with Crippen molar-refractivity contribution < 1.29 is 19.2 Å². The number of ether oxygens (including phenoxy) is 1. The molecule has 0 aliphatic carbocycles. The van der Waals surface area contributed by atoms with Gasteiger partial charge in [0.1, 0.15) is 5.60 Å². The number of amides is 2. The average molecular weight is 413 g/mol. The highest BCUT2D eigenvalue weighted by molar-refractivity contribution is 6.30. The minimum atomic E-state index is -0.632. The molecular formula is C19H29ClN4O4. The van der Waals surface area contributed by atoms with E-state index in [1.54, 1.807) is 45.0 Å². The van der Waals surface area contributed by atoms with Crippen LogP contribution in [-0.2, 0) is 14.4 Å². The smallest absolute Gasteiger partial charge is 0.408 e. The van der Waals surface area contributed by atoms with Crippen molar-refractivity contribution in [2.75, 3.05) is 11.9 Å². The molecule has 0 aliphatic heterocycles. The number of carbonyl (C=O) groups excluding carboxylic acids is 2. The molecule has 2 amide bonds. The number of oxime groups is 1. The molecule has 156 valence electrons. The van der Waals surface area contributed by atoms with Crippen LogP contribution in [0.4, 0.5) is 10.5 Å². The first-order valence-electron chi connectivity index (χ1n) is 8.96. The van der Waals surface area contributed by atoms with Gasteiger partial charge in [-0.25, -0.2) is 4.79 Å². The maximum Gasteiger partial charge on any atom is 0.408 e. The Bertz CT molecular complexity index is 701. The summed E-state index contributed by atoms with van der Waals surface area (Å²) in [6, 6.07) is 6.15. The van der Waals surface area contributed by atoms with E-state index in [-0.39, 0.29) is 18.4 Å². The standard InChI is InChI=1S/C19H29ClN4O4/c1-12(2)9-15(23-18(26)28-19(3,4)5)17(21)24-27-11-16(25)22-14-8-6-7-13(20)10-14/h6-8,10,12,15H,9,11H2,1-5H3,(H2,21,24)(H,22,25)(H,23,26). The quantitative estimate of drug-likeness (QED) is 0.343. The molecule has 0 heterocycles. The Balaban J connectivity index is 2.61. The first kappa shape index (κ1) is 23.6. The van der Waals surface area contributed by atoms with Crippen LogP contribution in [0.1, 0.15) is 41.0 Å². The summed E-state index contributed by atoms with van der Waals surface area (Å²) in [6.07, 6.45) is -0.0675. The Kier molecular flexibility index (Phi) is 9.05. The lowest BCUT2D eigenvalue weighted by atomic mass is 10.0. The van der Waals surface area contributed by atoms with Crippen molar-refractivity contribution in [3.63, 3.8) is 0 Å². The lowest BCUT2D eigenvalue weighted by molar-refractivity contribution is -0.120. The first-order valence-corrected chi connectivity index (χ1v) is 9.34. The van der Waals surface area contributed by atoms with E-state index in [4.69, 9.17) is 26.9 Å². The van der Waals surface area contributed by atoms with E-state index < -0.39 is 23.6 Å². The molecule has 8 nitrogen and oxygen atoms in total. The summed E-state index contributed by atoms with van der Waals surface area (Å²) in [6.45, 7) is 8.93. The topological polar surface area (TPSA) is 115 Å². The summed E-state index contributed by atoms with van der Waals surface area (Å²) in [5.74, 6) is -0.130. The van der Waals surface area contributed by atoms with Crippen LogP contribution in [0.2, 0.25) is 5.02 Å². The Morgan fingerprint density at radius 1 is 1.29 bits per heavy atom. The van der Waals surface area contributed by atoms with Gasteiger partial charge in [-0.2, -0.15) is 0 Å². The lowest BCUT2D eigenvalue weighted by Gasteiger charge is -2.24. The zero-order valence-electron chi connectivity index (χ0n) is 16.9. The number of nitrogens with two attached hydrogens (primary N) is 1. The Morgan fingerprint density at radius 3 is 2.54 bits per heavy atom. The number of halogens is 1. The third kappa shape index (κ3) is 10.0. The van der Waals surface area contributed by atoms with Crippen molar-refractivity contribution in [2.24, 2.45) is 16.8 Å². The molecule has 0 fully saturated rings. The first-order chi connectivity index (χ1) is 13.0. The molecule has 0 saturated heterocycles. The molecule has 0 bridgehead atoms. The van der Waals surface area contributed by atoms with Crippen LogP contribution >= 0.6 is 11.6 Å². The fourth-order valence-corrected chi connectivity index (χ4v) is 2.36. The SMILES string of the molecule is CC(C)CC(NC(=O)OC(C)(C)C)/C(N)=N/OCC(=O)Nc1cccc(Cl)c1. The minimum Gasteiger partial charge on any atom is -0.444 e. The monoisotopic (exact) mass is 412 g/mol. The molecule has 0 spiro atoms. The van der Waals surface area contributed by atoms with Crippen LogP contribution in [-0.4, -0.2) is 36.1 Å². The van der Waals surface area contributed by atoms with Gasteiger partial charge in [-0.15, -0.1) is 0 Å². The number of hydrogen-bond acceptors (Lipinski definition) is 5. The van der Waals surface area contributed by atoms with Crippen molar-refractivity contribution >= 4 is 35.1 Å². The van der Waals surface area contributed by atoms with Gasteiger partial charge in [0.05, 0.1) is 6.04 Å². The van der Waals surface area contributed by atoms with Gasteiger partial charge in [-0.1, -0.05) is 36.7 Å². The summed E-state index contributed by atoms with van der Waals surface area (Å²) in [7, 11) is 0. The number of hydrogen-bond donors (Lipinski definition) is 3. The van der Waals surface area contributed by atoms with E-state index in [2.05, 4.69) is 15.8 Å². The number of benzene rings is 1. The second kappa shape index (κ2) is 10.8. The summed E-state index contributed by atoms with van der Waals surface area (Å²) >= 11 is 5.87. The zero-order valence-corrected chi connectivity index (χ0v) is 17.7. The van der Waals surface area contributed by atoms with Crippen molar-refractivity contribution in [3.05, 3.63) is 29.3 Å². The van der Waals surface area contributed by atoms with Gasteiger partial charge in [0.25, 0.3) is 5.91 Å². The fraction of sp³-hybridized carbons (Fsp3) is 0.526. The molecular weight excluding hydrogens is 384 g/mol. The molecule has 1 unspecified atom stereocenters. The molecule has 1 aromatic rings. The maximum atomic E-state index is 12.0. The minimum absolute atomic E-state index is 0.0510. The molecule has 1 aromatic carbocycles. The molecule has 0 saturated carbocycles. The van der Waals surface area contributed by atoms with Gasteiger partial charge in [0, 0.05) is 10.7 Å². The van der Waals surface area contributed by atoms with Gasteiger partial charge in [0.15, 0.2) is 12.4 Å². The van der Waals surface area contributed by atoms with E-state index in [1.165, 1.54) is 0 Å².